The Morgan fingerprint density at radius 2 is 2.00 bits per heavy atom. The van der Waals surface area contributed by atoms with Crippen molar-refractivity contribution in [3.05, 3.63) is 29.0 Å². The van der Waals surface area contributed by atoms with Crippen molar-refractivity contribution < 1.29 is 18.7 Å². The molecular weight excluding hydrogens is 373 g/mol. The third-order valence-corrected chi connectivity index (χ3v) is 6.06. The summed E-state index contributed by atoms with van der Waals surface area (Å²) in [4.78, 5) is 24.5. The average Bonchev–Trinajstić information content (AvgIpc) is 2.99. The summed E-state index contributed by atoms with van der Waals surface area (Å²) in [5.74, 6) is 0.00126. The Morgan fingerprint density at radius 1 is 1.30 bits per heavy atom. The van der Waals surface area contributed by atoms with E-state index in [1.54, 1.807) is 0 Å². The number of nitrogens with one attached hydrogen (secondary N) is 3. The van der Waals surface area contributed by atoms with E-state index >= 15 is 0 Å². The molecule has 3 saturated carbocycles. The Labute approximate surface area is 162 Å². The van der Waals surface area contributed by atoms with E-state index in [0.717, 1.165) is 38.3 Å². The molecule has 2 atom stereocenters. The Balaban J connectivity index is 1.20. The van der Waals surface area contributed by atoms with Crippen molar-refractivity contribution in [1.82, 2.24) is 16.0 Å². The average molecular weight is 396 g/mol. The summed E-state index contributed by atoms with van der Waals surface area (Å²) in [5, 5.41) is 9.38. The quantitative estimate of drug-likeness (QED) is 0.685. The Morgan fingerprint density at radius 3 is 2.63 bits per heavy atom. The molecule has 2 bridgehead atoms. The molecule has 3 N–H and O–H groups in total. The van der Waals surface area contributed by atoms with Gasteiger partial charge in [-0.15, -0.1) is 0 Å². The van der Waals surface area contributed by atoms with Crippen molar-refractivity contribution in [2.75, 3.05) is 13.2 Å². The first-order valence-corrected chi connectivity index (χ1v) is 9.60. The Bertz CT molecular complexity index is 768. The summed E-state index contributed by atoms with van der Waals surface area (Å²) >= 11 is 5.62. The van der Waals surface area contributed by atoms with E-state index in [1.807, 2.05) is 0 Å². The maximum Gasteiger partial charge on any atom is 0.258 e. The van der Waals surface area contributed by atoms with Gasteiger partial charge in [-0.05, 0) is 50.3 Å². The molecule has 3 aliphatic carbocycles. The predicted molar refractivity (Wildman–Crippen MR) is 98.1 cm³/mol. The van der Waals surface area contributed by atoms with Gasteiger partial charge in [-0.3, -0.25) is 9.59 Å². The fourth-order valence-electron chi connectivity index (χ4n) is 4.56. The molecule has 0 radical (unpaired) electrons. The van der Waals surface area contributed by atoms with Crippen molar-refractivity contribution in [1.29, 1.82) is 0 Å². The first kappa shape index (κ1) is 18.5. The molecule has 4 fully saturated rings. The first-order valence-electron chi connectivity index (χ1n) is 9.22. The molecule has 0 aromatic heterocycles. The van der Waals surface area contributed by atoms with Crippen LogP contribution in [0.5, 0.6) is 5.75 Å². The van der Waals surface area contributed by atoms with Crippen molar-refractivity contribution in [3.8, 4) is 5.75 Å². The summed E-state index contributed by atoms with van der Waals surface area (Å²) in [5.41, 5.74) is -0.409. The fourth-order valence-corrected chi connectivity index (χ4v) is 4.68. The molecule has 1 heterocycles. The third-order valence-electron chi connectivity index (χ3n) is 5.75. The summed E-state index contributed by atoms with van der Waals surface area (Å²) in [6.07, 6.45) is 3.10. The molecular formula is C19H23ClFN3O3. The van der Waals surface area contributed by atoms with Crippen LogP contribution in [-0.2, 0) is 9.59 Å². The van der Waals surface area contributed by atoms with Gasteiger partial charge in [-0.25, -0.2) is 4.39 Å². The normalized spacial score (nSPS) is 33.6. The molecule has 146 valence electrons. The van der Waals surface area contributed by atoms with Crippen molar-refractivity contribution in [2.24, 2.45) is 5.92 Å². The van der Waals surface area contributed by atoms with Crippen molar-refractivity contribution >= 4 is 23.4 Å². The molecule has 8 heteroatoms. The van der Waals surface area contributed by atoms with Gasteiger partial charge in [-0.1, -0.05) is 18.5 Å². The number of rotatable bonds is 6. The minimum atomic E-state index is -0.585. The van der Waals surface area contributed by atoms with Crippen LogP contribution >= 0.6 is 11.6 Å². The Kier molecular flexibility index (Phi) is 4.55. The number of carbonyl (C=O) groups is 2. The summed E-state index contributed by atoms with van der Waals surface area (Å²) in [7, 11) is 0. The minimum absolute atomic E-state index is 0.00951. The van der Waals surface area contributed by atoms with Gasteiger partial charge in [0.2, 0.25) is 5.91 Å². The fraction of sp³-hybridized carbons (Fsp3) is 0.579. The van der Waals surface area contributed by atoms with E-state index in [0.29, 0.717) is 5.92 Å². The zero-order chi connectivity index (χ0) is 19.2. The van der Waals surface area contributed by atoms with E-state index in [2.05, 4.69) is 22.9 Å². The molecule has 2 unspecified atom stereocenters. The first-order chi connectivity index (χ1) is 12.8. The molecule has 2 amide bonds. The standard InChI is InChI=1S/C19H23ClFN3O3/c1-11-4-15(22-6-11)17(26)24-19-8-18(9-19,10-19)23-16(25)7-27-12-2-3-13(20)14(21)5-12/h2-3,5,11,15,22H,4,6-10H2,1H3,(H,23,25)(H,24,26). The second-order valence-corrected chi connectivity index (χ2v) is 8.70. The SMILES string of the molecule is CC1CNC(C(=O)NC23CC(NC(=O)COc4ccc(Cl)c(F)c4)(C2)C3)C1. The van der Waals surface area contributed by atoms with E-state index < -0.39 is 5.82 Å². The van der Waals surface area contributed by atoms with Gasteiger partial charge in [0, 0.05) is 17.1 Å². The zero-order valence-electron chi connectivity index (χ0n) is 15.1. The predicted octanol–water partition coefficient (Wildman–Crippen LogP) is 1.76. The second-order valence-electron chi connectivity index (χ2n) is 8.29. The van der Waals surface area contributed by atoms with Gasteiger partial charge in [0.1, 0.15) is 11.6 Å². The van der Waals surface area contributed by atoms with Crippen LogP contribution in [0.1, 0.15) is 32.6 Å². The van der Waals surface area contributed by atoms with Crippen LogP contribution in [0.15, 0.2) is 18.2 Å². The van der Waals surface area contributed by atoms with Crippen LogP contribution in [0.2, 0.25) is 5.02 Å². The number of hydrogen-bond acceptors (Lipinski definition) is 4. The van der Waals surface area contributed by atoms with Gasteiger partial charge < -0.3 is 20.7 Å². The van der Waals surface area contributed by atoms with E-state index in [4.69, 9.17) is 16.3 Å². The van der Waals surface area contributed by atoms with Crippen molar-refractivity contribution in [3.63, 3.8) is 0 Å². The van der Waals surface area contributed by atoms with Crippen LogP contribution in [-0.4, -0.2) is 42.1 Å². The molecule has 5 rings (SSSR count). The van der Waals surface area contributed by atoms with Gasteiger partial charge in [-0.2, -0.15) is 0 Å². The molecule has 1 saturated heterocycles. The van der Waals surface area contributed by atoms with Crippen molar-refractivity contribution in [2.45, 2.75) is 49.7 Å². The number of halogens is 2. The van der Waals surface area contributed by atoms with Crippen LogP contribution in [0, 0.1) is 11.7 Å². The molecule has 0 spiro atoms. The highest BCUT2D eigenvalue weighted by molar-refractivity contribution is 6.30. The lowest BCUT2D eigenvalue weighted by Gasteiger charge is -2.70. The molecule has 27 heavy (non-hydrogen) atoms. The number of hydrogen-bond donors (Lipinski definition) is 3. The number of ether oxygens (including phenoxy) is 1. The molecule has 1 aromatic carbocycles. The maximum absolute atomic E-state index is 13.4. The molecule has 1 aromatic rings. The van der Waals surface area contributed by atoms with Crippen LogP contribution in [0.25, 0.3) is 0 Å². The highest BCUT2D eigenvalue weighted by Gasteiger charge is 2.69. The summed E-state index contributed by atoms with van der Waals surface area (Å²) < 4.78 is 18.7. The highest BCUT2D eigenvalue weighted by Crippen LogP contribution is 2.60. The number of carbonyl (C=O) groups excluding carboxylic acids is 2. The van der Waals surface area contributed by atoms with Crippen LogP contribution in [0.3, 0.4) is 0 Å². The number of benzene rings is 1. The lowest BCUT2D eigenvalue weighted by atomic mass is 9.44. The van der Waals surface area contributed by atoms with E-state index in [1.165, 1.54) is 12.1 Å². The summed E-state index contributed by atoms with van der Waals surface area (Å²) in [6, 6.07) is 3.95. The lowest BCUT2D eigenvalue weighted by molar-refractivity contribution is -0.151. The van der Waals surface area contributed by atoms with Gasteiger partial charge in [0.05, 0.1) is 11.1 Å². The second kappa shape index (κ2) is 6.63. The highest BCUT2D eigenvalue weighted by atomic mass is 35.5. The minimum Gasteiger partial charge on any atom is -0.484 e. The molecule has 6 nitrogen and oxygen atoms in total. The third kappa shape index (κ3) is 3.62. The Hall–Kier alpha value is -1.86. The maximum atomic E-state index is 13.4. The van der Waals surface area contributed by atoms with Gasteiger partial charge in [0.15, 0.2) is 6.61 Å². The largest absolute Gasteiger partial charge is 0.484 e. The zero-order valence-corrected chi connectivity index (χ0v) is 15.9. The van der Waals surface area contributed by atoms with Crippen LogP contribution in [0.4, 0.5) is 4.39 Å². The van der Waals surface area contributed by atoms with Crippen LogP contribution < -0.4 is 20.7 Å². The van der Waals surface area contributed by atoms with E-state index in [-0.39, 0.29) is 46.3 Å². The smallest absolute Gasteiger partial charge is 0.258 e. The monoisotopic (exact) mass is 395 g/mol. The number of amides is 2. The van der Waals surface area contributed by atoms with E-state index in [9.17, 15) is 14.0 Å². The summed E-state index contributed by atoms with van der Waals surface area (Å²) in [6.45, 7) is 2.82. The molecule has 4 aliphatic rings. The van der Waals surface area contributed by atoms with Gasteiger partial charge >= 0.3 is 0 Å². The lowest BCUT2D eigenvalue weighted by Crippen LogP contribution is -2.84. The van der Waals surface area contributed by atoms with Gasteiger partial charge in [0.25, 0.3) is 5.91 Å². The molecule has 1 aliphatic heterocycles. The topological polar surface area (TPSA) is 79.5 Å².